The lowest BCUT2D eigenvalue weighted by Crippen LogP contribution is -2.40. The van der Waals surface area contributed by atoms with E-state index in [1.807, 2.05) is 17.9 Å². The number of rotatable bonds is 5. The van der Waals surface area contributed by atoms with Crippen LogP contribution in [0.1, 0.15) is 71.1 Å². The van der Waals surface area contributed by atoms with Crippen molar-refractivity contribution in [2.24, 2.45) is 0 Å². The van der Waals surface area contributed by atoms with Crippen LogP contribution in [0.25, 0.3) is 0 Å². The first-order chi connectivity index (χ1) is 9.81. The lowest BCUT2D eigenvalue weighted by atomic mass is 9.91. The van der Waals surface area contributed by atoms with Crippen LogP contribution >= 0.6 is 34.0 Å². The fourth-order valence-corrected chi connectivity index (χ4v) is 5.99. The summed E-state index contributed by atoms with van der Waals surface area (Å²) in [6.07, 6.45) is 13.9. The van der Waals surface area contributed by atoms with E-state index < -0.39 is 0 Å². The predicted octanol–water partition coefficient (Wildman–Crippen LogP) is 5.57. The van der Waals surface area contributed by atoms with Gasteiger partial charge in [0.1, 0.15) is 0 Å². The van der Waals surface area contributed by atoms with Crippen molar-refractivity contribution >= 4 is 38.4 Å². The normalized spacial score (nSPS) is 22.1. The van der Waals surface area contributed by atoms with Crippen LogP contribution in [0.2, 0.25) is 0 Å². The summed E-state index contributed by atoms with van der Waals surface area (Å²) in [5.74, 6) is 0. The Morgan fingerprint density at radius 2 is 1.50 bits per heavy atom. The van der Waals surface area contributed by atoms with Gasteiger partial charge in [-0.25, -0.2) is 4.31 Å². The first-order valence-corrected chi connectivity index (χ1v) is 10.6. The highest BCUT2D eigenvalue weighted by Crippen LogP contribution is 2.40. The average molecular weight is 334 g/mol. The van der Waals surface area contributed by atoms with Gasteiger partial charge in [0.15, 0.2) is 0 Å². The Hall–Kier alpha value is 0.550. The van der Waals surface area contributed by atoms with E-state index >= 15 is 0 Å². The minimum atomic E-state index is 0.680. The van der Waals surface area contributed by atoms with E-state index in [2.05, 4.69) is 4.31 Å². The molecule has 2 saturated carbocycles. The van der Waals surface area contributed by atoms with Crippen molar-refractivity contribution in [1.29, 1.82) is 0 Å². The zero-order chi connectivity index (χ0) is 14.2. The third-order valence-corrected chi connectivity index (χ3v) is 7.30. The molecule has 0 heterocycles. The smallest absolute Gasteiger partial charge is 0.232 e. The van der Waals surface area contributed by atoms with E-state index in [1.54, 1.807) is 10.8 Å². The molecule has 0 bridgehead atoms. The molecule has 2 fully saturated rings. The predicted molar refractivity (Wildman–Crippen MR) is 95.0 cm³/mol. The Bertz CT molecular complexity index is 271. The molecule has 2 nitrogen and oxygen atoms in total. The molecule has 2 aliphatic rings. The molecule has 0 spiro atoms. The van der Waals surface area contributed by atoms with Gasteiger partial charge in [-0.1, -0.05) is 38.5 Å². The van der Waals surface area contributed by atoms with Gasteiger partial charge in [0.25, 0.3) is 0 Å². The summed E-state index contributed by atoms with van der Waals surface area (Å²) in [4.78, 5) is 0. The lowest BCUT2D eigenvalue weighted by Gasteiger charge is -2.40. The zero-order valence-corrected chi connectivity index (χ0v) is 15.0. The van der Waals surface area contributed by atoms with Crippen LogP contribution in [0.3, 0.4) is 0 Å². The Morgan fingerprint density at radius 1 is 1.00 bits per heavy atom. The number of nitrogens with zero attached hydrogens (tertiary/aromatic N) is 1. The van der Waals surface area contributed by atoms with Gasteiger partial charge in [-0.05, 0) is 44.8 Å². The third kappa shape index (κ3) is 5.39. The van der Waals surface area contributed by atoms with Gasteiger partial charge >= 0.3 is 0 Å². The molecule has 0 aromatic rings. The number of ether oxygens (including phenoxy) is 1. The summed E-state index contributed by atoms with van der Waals surface area (Å²) in [5, 5.41) is 0. The van der Waals surface area contributed by atoms with Gasteiger partial charge < -0.3 is 4.74 Å². The van der Waals surface area contributed by atoms with Crippen LogP contribution in [0.4, 0.5) is 0 Å². The summed E-state index contributed by atoms with van der Waals surface area (Å²) in [6.45, 7) is 2.68. The number of hydrogen-bond acceptors (Lipinski definition) is 5. The van der Waals surface area contributed by atoms with Crippen LogP contribution in [-0.4, -0.2) is 27.4 Å². The second-order valence-corrected chi connectivity index (χ2v) is 8.47. The SMILES string of the molecule is CCOC(=S)SSN(C1CCCCC1)C1CCCCC1. The summed E-state index contributed by atoms with van der Waals surface area (Å²) in [7, 11) is 3.51. The fourth-order valence-electron chi connectivity index (χ4n) is 3.31. The minimum absolute atomic E-state index is 0.680. The molecule has 0 radical (unpaired) electrons. The molecule has 0 N–H and O–H groups in total. The van der Waals surface area contributed by atoms with Crippen LogP contribution in [0.5, 0.6) is 0 Å². The maximum Gasteiger partial charge on any atom is 0.232 e. The molecule has 2 rings (SSSR count). The molecule has 0 atom stereocenters. The molecule has 2 aliphatic carbocycles. The first kappa shape index (κ1) is 16.9. The van der Waals surface area contributed by atoms with E-state index in [-0.39, 0.29) is 0 Å². The summed E-state index contributed by atoms with van der Waals surface area (Å²) < 4.78 is 8.79. The van der Waals surface area contributed by atoms with Gasteiger partial charge in [-0.3, -0.25) is 0 Å². The topological polar surface area (TPSA) is 12.5 Å². The zero-order valence-electron chi connectivity index (χ0n) is 12.5. The Balaban J connectivity index is 1.89. The molecule has 0 amide bonds. The van der Waals surface area contributed by atoms with E-state index in [0.717, 1.165) is 12.1 Å². The highest BCUT2D eigenvalue weighted by molar-refractivity contribution is 8.82. The largest absolute Gasteiger partial charge is 0.478 e. The molecule has 0 aromatic carbocycles. The molecular weight excluding hydrogens is 306 g/mol. The maximum atomic E-state index is 5.41. The van der Waals surface area contributed by atoms with E-state index in [0.29, 0.717) is 11.0 Å². The van der Waals surface area contributed by atoms with Gasteiger partial charge in [-0.2, -0.15) is 0 Å². The quantitative estimate of drug-likeness (QED) is 0.369. The molecular formula is C15H27NOS3. The Kier molecular flexibility index (Phi) is 8.07. The summed E-state index contributed by atoms with van der Waals surface area (Å²) >= 11 is 5.27. The summed E-state index contributed by atoms with van der Waals surface area (Å²) in [5.41, 5.74) is 0. The van der Waals surface area contributed by atoms with Gasteiger partial charge in [0.05, 0.1) is 6.61 Å². The van der Waals surface area contributed by atoms with Gasteiger partial charge in [0, 0.05) is 33.9 Å². The second kappa shape index (κ2) is 9.54. The molecule has 0 aromatic heterocycles. The Labute approximate surface area is 137 Å². The minimum Gasteiger partial charge on any atom is -0.478 e. The maximum absolute atomic E-state index is 5.41. The van der Waals surface area contributed by atoms with Crippen molar-refractivity contribution in [1.82, 2.24) is 4.31 Å². The molecule has 0 saturated heterocycles. The second-order valence-electron chi connectivity index (χ2n) is 5.78. The van der Waals surface area contributed by atoms with Crippen molar-refractivity contribution in [2.45, 2.75) is 83.2 Å². The molecule has 5 heteroatoms. The van der Waals surface area contributed by atoms with Crippen LogP contribution in [0, 0.1) is 0 Å². The van der Waals surface area contributed by atoms with E-state index in [1.165, 1.54) is 64.2 Å². The van der Waals surface area contributed by atoms with Crippen molar-refractivity contribution in [3.63, 3.8) is 0 Å². The van der Waals surface area contributed by atoms with Crippen molar-refractivity contribution in [2.75, 3.05) is 6.61 Å². The van der Waals surface area contributed by atoms with Crippen LogP contribution in [0.15, 0.2) is 0 Å². The van der Waals surface area contributed by atoms with Crippen molar-refractivity contribution < 1.29 is 4.74 Å². The van der Waals surface area contributed by atoms with Crippen LogP contribution in [-0.2, 0) is 4.74 Å². The molecule has 0 unspecified atom stereocenters. The summed E-state index contributed by atoms with van der Waals surface area (Å²) in [6, 6.07) is 1.52. The number of thiocarbonyl (C=S) groups is 1. The first-order valence-electron chi connectivity index (χ1n) is 8.11. The molecule has 20 heavy (non-hydrogen) atoms. The molecule has 0 aliphatic heterocycles. The Morgan fingerprint density at radius 3 is 1.95 bits per heavy atom. The monoisotopic (exact) mass is 333 g/mol. The molecule has 116 valence electrons. The van der Waals surface area contributed by atoms with Gasteiger partial charge in [0.2, 0.25) is 4.38 Å². The number of hydrogen-bond donors (Lipinski definition) is 0. The highest BCUT2D eigenvalue weighted by Gasteiger charge is 2.30. The van der Waals surface area contributed by atoms with Crippen molar-refractivity contribution in [3.8, 4) is 0 Å². The fraction of sp³-hybridized carbons (Fsp3) is 0.933. The highest BCUT2D eigenvalue weighted by atomic mass is 33.1. The van der Waals surface area contributed by atoms with E-state index in [9.17, 15) is 0 Å². The van der Waals surface area contributed by atoms with Crippen LogP contribution < -0.4 is 0 Å². The van der Waals surface area contributed by atoms with E-state index in [4.69, 9.17) is 17.0 Å². The standard InChI is InChI=1S/C15H27NOS3/c1-2-17-15(18)19-20-16(13-9-5-3-6-10-13)14-11-7-4-8-12-14/h13-14H,2-12H2,1H3. The van der Waals surface area contributed by atoms with Gasteiger partial charge in [-0.15, -0.1) is 0 Å². The van der Waals surface area contributed by atoms with Crippen molar-refractivity contribution in [3.05, 3.63) is 0 Å². The third-order valence-electron chi connectivity index (χ3n) is 4.32. The lowest BCUT2D eigenvalue weighted by molar-refractivity contribution is 0.187. The average Bonchev–Trinajstić information content (AvgIpc) is 2.50.